The van der Waals surface area contributed by atoms with Gasteiger partial charge in [-0.3, -0.25) is 0 Å². The van der Waals surface area contributed by atoms with Crippen LogP contribution < -0.4 is 5.32 Å². The molecule has 0 aliphatic rings. The van der Waals surface area contributed by atoms with Gasteiger partial charge in [-0.15, -0.1) is 0 Å². The molecule has 108 valence electrons. The maximum absolute atomic E-state index is 14.0. The molecule has 19 heavy (non-hydrogen) atoms. The molecule has 0 saturated heterocycles. The highest BCUT2D eigenvalue weighted by atomic mass is 19.4. The molecule has 1 atom stereocenters. The molecule has 1 unspecified atom stereocenters. The fourth-order valence-corrected chi connectivity index (χ4v) is 2.06. The lowest BCUT2D eigenvalue weighted by atomic mass is 9.98. The number of hydrogen-bond donors (Lipinski definition) is 1. The first-order chi connectivity index (χ1) is 8.85. The Bertz CT molecular complexity index is 401. The lowest BCUT2D eigenvalue weighted by molar-refractivity contribution is -0.135. The van der Waals surface area contributed by atoms with Crippen LogP contribution in [0.15, 0.2) is 18.2 Å². The summed E-state index contributed by atoms with van der Waals surface area (Å²) in [4.78, 5) is 0. The van der Waals surface area contributed by atoms with Crippen LogP contribution in [0.25, 0.3) is 0 Å². The van der Waals surface area contributed by atoms with E-state index in [1.54, 1.807) is 25.1 Å². The van der Waals surface area contributed by atoms with Gasteiger partial charge in [0.15, 0.2) is 0 Å². The van der Waals surface area contributed by atoms with Crippen LogP contribution in [0.2, 0.25) is 0 Å². The highest BCUT2D eigenvalue weighted by Gasteiger charge is 2.27. The third-order valence-corrected chi connectivity index (χ3v) is 3.00. The summed E-state index contributed by atoms with van der Waals surface area (Å²) < 4.78 is 50.4. The van der Waals surface area contributed by atoms with Crippen molar-refractivity contribution in [1.82, 2.24) is 5.32 Å². The molecule has 0 aliphatic carbocycles. The molecule has 1 nitrogen and oxygen atoms in total. The van der Waals surface area contributed by atoms with Crippen LogP contribution in [0.4, 0.5) is 17.6 Å². The lowest BCUT2D eigenvalue weighted by Gasteiger charge is -2.20. The van der Waals surface area contributed by atoms with Crippen LogP contribution in [0.5, 0.6) is 0 Å². The molecule has 5 heteroatoms. The van der Waals surface area contributed by atoms with E-state index in [0.717, 1.165) is 0 Å². The number of rotatable bonds is 6. The first-order valence-corrected chi connectivity index (χ1v) is 6.40. The van der Waals surface area contributed by atoms with Crippen LogP contribution in [0.1, 0.15) is 43.4 Å². The number of benzene rings is 1. The fraction of sp³-hybridized carbons (Fsp3) is 0.571. The highest BCUT2D eigenvalue weighted by Crippen LogP contribution is 2.28. The molecule has 0 heterocycles. The number of alkyl halides is 3. The van der Waals surface area contributed by atoms with Gasteiger partial charge in [0, 0.05) is 18.0 Å². The van der Waals surface area contributed by atoms with E-state index < -0.39 is 12.6 Å². The lowest BCUT2D eigenvalue weighted by Crippen LogP contribution is -2.22. The van der Waals surface area contributed by atoms with Gasteiger partial charge >= 0.3 is 6.18 Å². The van der Waals surface area contributed by atoms with E-state index in [4.69, 9.17) is 0 Å². The van der Waals surface area contributed by atoms with E-state index >= 15 is 0 Å². The van der Waals surface area contributed by atoms with Crippen molar-refractivity contribution < 1.29 is 17.6 Å². The van der Waals surface area contributed by atoms with Gasteiger partial charge in [0.05, 0.1) is 0 Å². The minimum atomic E-state index is -4.15. The van der Waals surface area contributed by atoms with Crippen LogP contribution in [0.3, 0.4) is 0 Å². The molecule has 0 amide bonds. The smallest absolute Gasteiger partial charge is 0.310 e. The summed E-state index contributed by atoms with van der Waals surface area (Å²) in [5, 5.41) is 3.05. The Morgan fingerprint density at radius 1 is 1.26 bits per heavy atom. The van der Waals surface area contributed by atoms with Gasteiger partial charge < -0.3 is 5.32 Å². The predicted molar refractivity (Wildman–Crippen MR) is 67.5 cm³/mol. The monoisotopic (exact) mass is 277 g/mol. The minimum Gasteiger partial charge on any atom is -0.310 e. The van der Waals surface area contributed by atoms with Crippen molar-refractivity contribution in [2.24, 2.45) is 0 Å². The quantitative estimate of drug-likeness (QED) is 0.754. The molecule has 0 aliphatic heterocycles. The molecule has 0 radical (unpaired) electrons. The summed E-state index contributed by atoms with van der Waals surface area (Å²) in [5.41, 5.74) is 0.959. The van der Waals surface area contributed by atoms with E-state index in [-0.39, 0.29) is 24.7 Å². The first-order valence-electron chi connectivity index (χ1n) is 6.40. The van der Waals surface area contributed by atoms with Gasteiger partial charge in [-0.25, -0.2) is 4.39 Å². The average Bonchev–Trinajstić information content (AvgIpc) is 2.30. The largest absolute Gasteiger partial charge is 0.389 e. The van der Waals surface area contributed by atoms with Gasteiger partial charge in [-0.05, 0) is 31.9 Å². The normalized spacial score (nSPS) is 13.6. The van der Waals surface area contributed by atoms with Crippen LogP contribution in [-0.2, 0) is 0 Å². The van der Waals surface area contributed by atoms with Crippen molar-refractivity contribution in [3.63, 3.8) is 0 Å². The molecule has 0 fully saturated rings. The Morgan fingerprint density at radius 2 is 1.95 bits per heavy atom. The second-order valence-corrected chi connectivity index (χ2v) is 4.60. The van der Waals surface area contributed by atoms with Crippen LogP contribution in [-0.4, -0.2) is 12.7 Å². The Morgan fingerprint density at radius 3 is 2.53 bits per heavy atom. The molecule has 0 bridgehead atoms. The summed E-state index contributed by atoms with van der Waals surface area (Å²) in [6, 6.07) is 4.63. The van der Waals surface area contributed by atoms with E-state index in [9.17, 15) is 17.6 Å². The van der Waals surface area contributed by atoms with Crippen molar-refractivity contribution in [1.29, 1.82) is 0 Å². The van der Waals surface area contributed by atoms with Crippen LogP contribution in [0, 0.1) is 12.7 Å². The van der Waals surface area contributed by atoms with E-state index in [0.29, 0.717) is 17.7 Å². The third-order valence-electron chi connectivity index (χ3n) is 3.00. The second kappa shape index (κ2) is 6.89. The standard InChI is InChI=1S/C14H19F4N/c1-3-19-12(8-5-9-14(16,17)18)11-7-4-6-10(2)13(11)15/h4,6-7,12,19H,3,5,8-9H2,1-2H3. The molecular weight excluding hydrogens is 258 g/mol. The topological polar surface area (TPSA) is 12.0 Å². The highest BCUT2D eigenvalue weighted by molar-refractivity contribution is 5.27. The van der Waals surface area contributed by atoms with Crippen molar-refractivity contribution in [2.75, 3.05) is 6.54 Å². The predicted octanol–water partition coefficient (Wildman–Crippen LogP) is 4.52. The average molecular weight is 277 g/mol. The zero-order valence-electron chi connectivity index (χ0n) is 11.1. The molecule has 1 aromatic rings. The molecule has 1 aromatic carbocycles. The zero-order valence-corrected chi connectivity index (χ0v) is 11.1. The Labute approximate surface area is 111 Å². The van der Waals surface area contributed by atoms with Gasteiger partial charge in [0.2, 0.25) is 0 Å². The first kappa shape index (κ1) is 16.0. The SMILES string of the molecule is CCNC(CCCC(F)(F)F)c1cccc(C)c1F. The summed E-state index contributed by atoms with van der Waals surface area (Å²) in [6.07, 6.45) is -4.72. The number of aryl methyl sites for hydroxylation is 1. The van der Waals surface area contributed by atoms with Crippen molar-refractivity contribution in [3.8, 4) is 0 Å². The van der Waals surface area contributed by atoms with Crippen LogP contribution >= 0.6 is 0 Å². The summed E-state index contributed by atoms with van der Waals surface area (Å²) >= 11 is 0. The number of hydrogen-bond acceptors (Lipinski definition) is 1. The summed E-state index contributed by atoms with van der Waals surface area (Å²) in [6.45, 7) is 4.09. The van der Waals surface area contributed by atoms with Crippen molar-refractivity contribution in [3.05, 3.63) is 35.1 Å². The second-order valence-electron chi connectivity index (χ2n) is 4.60. The maximum atomic E-state index is 14.0. The minimum absolute atomic E-state index is 0.00541. The van der Waals surface area contributed by atoms with Gasteiger partial charge in [0.25, 0.3) is 0 Å². The van der Waals surface area contributed by atoms with Gasteiger partial charge in [0.1, 0.15) is 5.82 Å². The fourth-order valence-electron chi connectivity index (χ4n) is 2.06. The molecule has 1 N–H and O–H groups in total. The van der Waals surface area contributed by atoms with Crippen molar-refractivity contribution >= 4 is 0 Å². The maximum Gasteiger partial charge on any atom is 0.389 e. The molecule has 0 aromatic heterocycles. The zero-order chi connectivity index (χ0) is 14.5. The Balaban J connectivity index is 2.74. The Hall–Kier alpha value is -1.10. The third kappa shape index (κ3) is 5.19. The molecule has 1 rings (SSSR count). The molecule has 0 spiro atoms. The van der Waals surface area contributed by atoms with Gasteiger partial charge in [-0.2, -0.15) is 13.2 Å². The van der Waals surface area contributed by atoms with E-state index in [1.165, 1.54) is 0 Å². The Kier molecular flexibility index (Phi) is 5.79. The summed E-state index contributed by atoms with van der Waals surface area (Å²) in [5.74, 6) is -0.333. The number of halogens is 4. The number of nitrogens with one attached hydrogen (secondary N) is 1. The molecular formula is C14H19F4N. The van der Waals surface area contributed by atoms with Crippen molar-refractivity contribution in [2.45, 2.75) is 45.3 Å². The van der Waals surface area contributed by atoms with E-state index in [1.807, 2.05) is 6.92 Å². The van der Waals surface area contributed by atoms with E-state index in [2.05, 4.69) is 5.32 Å². The summed E-state index contributed by atoms with van der Waals surface area (Å²) in [7, 11) is 0. The molecule has 0 saturated carbocycles. The van der Waals surface area contributed by atoms with Gasteiger partial charge in [-0.1, -0.05) is 25.1 Å².